The van der Waals surface area contributed by atoms with Crippen molar-refractivity contribution in [2.45, 2.75) is 12.5 Å². The minimum Gasteiger partial charge on any atom is -0.493 e. The first-order valence-corrected chi connectivity index (χ1v) is 9.15. The highest BCUT2D eigenvalue weighted by molar-refractivity contribution is 5.89. The minimum atomic E-state index is -0.796. The molecule has 1 amide bonds. The maximum Gasteiger partial charge on any atom is 0.374 e. The molecule has 1 aliphatic heterocycles. The maximum atomic E-state index is 13.8. The van der Waals surface area contributed by atoms with Crippen LogP contribution in [0, 0.1) is 5.82 Å². The number of benzene rings is 2. The molecule has 0 fully saturated rings. The first-order chi connectivity index (χ1) is 14.1. The van der Waals surface area contributed by atoms with E-state index < -0.39 is 24.3 Å². The van der Waals surface area contributed by atoms with Crippen LogP contribution in [0.3, 0.4) is 0 Å². The van der Waals surface area contributed by atoms with E-state index >= 15 is 0 Å². The molecule has 6 nitrogen and oxygen atoms in total. The third kappa shape index (κ3) is 4.13. The van der Waals surface area contributed by atoms with Gasteiger partial charge in [-0.2, -0.15) is 0 Å². The monoisotopic (exact) mass is 395 g/mol. The van der Waals surface area contributed by atoms with Crippen LogP contribution in [0.25, 0.3) is 11.3 Å². The number of carbonyl (C=O) groups is 2. The second kappa shape index (κ2) is 8.18. The summed E-state index contributed by atoms with van der Waals surface area (Å²) in [6.07, 6.45) is 0.626. The Morgan fingerprint density at radius 2 is 1.86 bits per heavy atom. The molecule has 0 spiro atoms. The van der Waals surface area contributed by atoms with Crippen LogP contribution in [-0.2, 0) is 9.53 Å². The van der Waals surface area contributed by atoms with Gasteiger partial charge in [-0.3, -0.25) is 4.79 Å². The molecular weight excluding hydrogens is 377 g/mol. The van der Waals surface area contributed by atoms with E-state index in [0.29, 0.717) is 13.0 Å². The van der Waals surface area contributed by atoms with Crippen LogP contribution in [0.2, 0.25) is 0 Å². The molecule has 3 aromatic rings. The number of ether oxygens (including phenoxy) is 2. The molecule has 2 heterocycles. The SMILES string of the molecule is O=C(COC(=O)c1ccc(-c2ccccc2F)o1)NC1CCOc2ccccc21. The second-order valence-electron chi connectivity index (χ2n) is 6.51. The van der Waals surface area contributed by atoms with Crippen molar-refractivity contribution in [3.8, 4) is 17.1 Å². The molecule has 1 aromatic heterocycles. The van der Waals surface area contributed by atoms with Crippen molar-refractivity contribution >= 4 is 11.9 Å². The number of carbonyl (C=O) groups excluding carboxylic acids is 2. The van der Waals surface area contributed by atoms with Crippen molar-refractivity contribution in [1.29, 1.82) is 0 Å². The van der Waals surface area contributed by atoms with E-state index in [1.807, 2.05) is 24.3 Å². The summed E-state index contributed by atoms with van der Waals surface area (Å²) in [5.74, 6) is -0.850. The maximum absolute atomic E-state index is 13.8. The molecule has 148 valence electrons. The van der Waals surface area contributed by atoms with Crippen LogP contribution in [0.15, 0.2) is 65.1 Å². The number of fused-ring (bicyclic) bond motifs is 1. The molecule has 4 rings (SSSR count). The fourth-order valence-corrected chi connectivity index (χ4v) is 3.18. The number of rotatable bonds is 5. The number of nitrogens with one attached hydrogen (secondary N) is 1. The molecule has 1 atom stereocenters. The lowest BCUT2D eigenvalue weighted by molar-refractivity contribution is -0.125. The third-order valence-corrected chi connectivity index (χ3v) is 4.57. The van der Waals surface area contributed by atoms with Gasteiger partial charge in [-0.05, 0) is 30.3 Å². The standard InChI is InChI=1S/C22H18FNO5/c23-16-7-3-1-5-14(16)19-9-10-20(29-19)22(26)28-13-21(25)24-17-11-12-27-18-8-4-2-6-15(17)18/h1-10,17H,11-13H2,(H,24,25). The fraction of sp³-hybridized carbons (Fsp3) is 0.182. The van der Waals surface area contributed by atoms with Crippen LogP contribution < -0.4 is 10.1 Å². The molecule has 0 aliphatic carbocycles. The zero-order chi connectivity index (χ0) is 20.2. The van der Waals surface area contributed by atoms with Gasteiger partial charge in [0.1, 0.15) is 17.3 Å². The normalized spacial score (nSPS) is 15.1. The van der Waals surface area contributed by atoms with Gasteiger partial charge in [0, 0.05) is 12.0 Å². The third-order valence-electron chi connectivity index (χ3n) is 4.57. The first kappa shape index (κ1) is 18.7. The number of halogens is 1. The second-order valence-corrected chi connectivity index (χ2v) is 6.51. The highest BCUT2D eigenvalue weighted by Gasteiger charge is 2.23. The number of furan rings is 1. The van der Waals surface area contributed by atoms with Gasteiger partial charge in [0.25, 0.3) is 5.91 Å². The van der Waals surface area contributed by atoms with Gasteiger partial charge < -0.3 is 19.2 Å². The predicted octanol–water partition coefficient (Wildman–Crippen LogP) is 3.88. The molecule has 1 aliphatic rings. The number of hydrogen-bond donors (Lipinski definition) is 1. The molecule has 1 unspecified atom stereocenters. The van der Waals surface area contributed by atoms with E-state index in [1.54, 1.807) is 18.2 Å². The van der Waals surface area contributed by atoms with Gasteiger partial charge in [0.2, 0.25) is 5.76 Å². The van der Waals surface area contributed by atoms with E-state index in [9.17, 15) is 14.0 Å². The molecule has 0 bridgehead atoms. The highest BCUT2D eigenvalue weighted by Crippen LogP contribution is 2.31. The van der Waals surface area contributed by atoms with Gasteiger partial charge in [0.05, 0.1) is 18.2 Å². The van der Waals surface area contributed by atoms with Crippen molar-refractivity contribution in [3.63, 3.8) is 0 Å². The summed E-state index contributed by atoms with van der Waals surface area (Å²) in [5, 5.41) is 2.84. The van der Waals surface area contributed by atoms with E-state index in [-0.39, 0.29) is 23.1 Å². The van der Waals surface area contributed by atoms with E-state index in [4.69, 9.17) is 13.9 Å². The summed E-state index contributed by atoms with van der Waals surface area (Å²) < 4.78 is 29.8. The van der Waals surface area contributed by atoms with Gasteiger partial charge >= 0.3 is 5.97 Å². The van der Waals surface area contributed by atoms with Crippen LogP contribution in [0.4, 0.5) is 4.39 Å². The van der Waals surface area contributed by atoms with Crippen molar-refractivity contribution in [3.05, 3.63) is 77.8 Å². The van der Waals surface area contributed by atoms with Crippen LogP contribution >= 0.6 is 0 Å². The van der Waals surface area contributed by atoms with Crippen molar-refractivity contribution in [1.82, 2.24) is 5.32 Å². The van der Waals surface area contributed by atoms with Crippen LogP contribution in [0.1, 0.15) is 28.6 Å². The van der Waals surface area contributed by atoms with Gasteiger partial charge in [-0.25, -0.2) is 9.18 Å². The van der Waals surface area contributed by atoms with Crippen LogP contribution in [0.5, 0.6) is 5.75 Å². The Bertz CT molecular complexity index is 1040. The van der Waals surface area contributed by atoms with Gasteiger partial charge in [-0.15, -0.1) is 0 Å². The van der Waals surface area contributed by atoms with Crippen molar-refractivity contribution < 1.29 is 27.9 Å². The summed E-state index contributed by atoms with van der Waals surface area (Å²) in [6.45, 7) is 0.0427. The number of amides is 1. The lowest BCUT2D eigenvalue weighted by Gasteiger charge is -2.26. The molecule has 0 saturated heterocycles. The van der Waals surface area contributed by atoms with E-state index in [2.05, 4.69) is 5.32 Å². The number of hydrogen-bond acceptors (Lipinski definition) is 5. The lowest BCUT2D eigenvalue weighted by atomic mass is 10.0. The lowest BCUT2D eigenvalue weighted by Crippen LogP contribution is -2.35. The smallest absolute Gasteiger partial charge is 0.374 e. The average Bonchev–Trinajstić information content (AvgIpc) is 3.23. The molecule has 29 heavy (non-hydrogen) atoms. The summed E-state index contributed by atoms with van der Waals surface area (Å²) in [5.41, 5.74) is 1.13. The highest BCUT2D eigenvalue weighted by atomic mass is 19.1. The summed E-state index contributed by atoms with van der Waals surface area (Å²) in [7, 11) is 0. The van der Waals surface area contributed by atoms with Crippen LogP contribution in [-0.4, -0.2) is 25.1 Å². The number of para-hydroxylation sites is 1. The Balaban J connectivity index is 1.35. The van der Waals surface area contributed by atoms with Gasteiger partial charge in [0.15, 0.2) is 6.61 Å². The summed E-state index contributed by atoms with van der Waals surface area (Å²) >= 11 is 0. The number of esters is 1. The summed E-state index contributed by atoms with van der Waals surface area (Å²) in [6, 6.07) is 16.2. The van der Waals surface area contributed by atoms with Crippen molar-refractivity contribution in [2.24, 2.45) is 0 Å². The zero-order valence-electron chi connectivity index (χ0n) is 15.4. The van der Waals surface area contributed by atoms with E-state index in [1.165, 1.54) is 18.2 Å². The average molecular weight is 395 g/mol. The van der Waals surface area contributed by atoms with E-state index in [0.717, 1.165) is 11.3 Å². The molecule has 7 heteroatoms. The molecule has 1 N–H and O–H groups in total. The zero-order valence-corrected chi connectivity index (χ0v) is 15.4. The van der Waals surface area contributed by atoms with Crippen molar-refractivity contribution in [2.75, 3.05) is 13.2 Å². The molecule has 2 aromatic carbocycles. The Labute approximate surface area is 166 Å². The largest absolute Gasteiger partial charge is 0.493 e. The minimum absolute atomic E-state index is 0.104. The molecule has 0 radical (unpaired) electrons. The molecular formula is C22H18FNO5. The van der Waals surface area contributed by atoms with Gasteiger partial charge in [-0.1, -0.05) is 30.3 Å². The Morgan fingerprint density at radius 1 is 1.07 bits per heavy atom. The quantitative estimate of drug-likeness (QED) is 0.664. The topological polar surface area (TPSA) is 77.8 Å². The Kier molecular flexibility index (Phi) is 5.29. The summed E-state index contributed by atoms with van der Waals surface area (Å²) in [4.78, 5) is 24.4. The predicted molar refractivity (Wildman–Crippen MR) is 102 cm³/mol. The fourth-order valence-electron chi connectivity index (χ4n) is 3.18. The Hall–Kier alpha value is -3.61. The Morgan fingerprint density at radius 3 is 2.72 bits per heavy atom. The first-order valence-electron chi connectivity index (χ1n) is 9.15. The molecule has 0 saturated carbocycles.